The SMILES string of the molecule is CN(C[C@H]1CC[C@H](C(=O)N2CCN(c3cccnc3)CC2)CC1)C(=O)NC(C)(C)C. The number of pyridine rings is 1. The maximum absolute atomic E-state index is 13.0. The Morgan fingerprint density at radius 3 is 2.37 bits per heavy atom. The fourth-order valence-electron chi connectivity index (χ4n) is 4.46. The monoisotopic (exact) mass is 415 g/mol. The summed E-state index contributed by atoms with van der Waals surface area (Å²) in [7, 11) is 1.86. The molecule has 1 aliphatic heterocycles. The Morgan fingerprint density at radius 1 is 1.13 bits per heavy atom. The third-order valence-corrected chi connectivity index (χ3v) is 6.16. The minimum absolute atomic E-state index is 0.0211. The zero-order valence-electron chi connectivity index (χ0n) is 18.9. The summed E-state index contributed by atoms with van der Waals surface area (Å²) in [6.45, 7) is 10.0. The van der Waals surface area contributed by atoms with Crippen LogP contribution in [0.1, 0.15) is 46.5 Å². The lowest BCUT2D eigenvalue weighted by Gasteiger charge is -2.39. The Hall–Kier alpha value is -2.31. The van der Waals surface area contributed by atoms with E-state index in [9.17, 15) is 9.59 Å². The van der Waals surface area contributed by atoms with E-state index in [2.05, 4.69) is 21.3 Å². The second kappa shape index (κ2) is 9.67. The number of nitrogens with one attached hydrogen (secondary N) is 1. The van der Waals surface area contributed by atoms with Gasteiger partial charge in [-0.25, -0.2) is 4.79 Å². The number of carbonyl (C=O) groups excluding carboxylic acids is 2. The van der Waals surface area contributed by atoms with Gasteiger partial charge in [0.1, 0.15) is 0 Å². The number of carbonyl (C=O) groups is 2. The van der Waals surface area contributed by atoms with Crippen molar-refractivity contribution < 1.29 is 9.59 Å². The van der Waals surface area contributed by atoms with Gasteiger partial charge < -0.3 is 20.0 Å². The maximum atomic E-state index is 13.0. The molecule has 0 aromatic carbocycles. The van der Waals surface area contributed by atoms with Crippen LogP contribution in [0.4, 0.5) is 10.5 Å². The van der Waals surface area contributed by atoms with Gasteiger partial charge in [0, 0.05) is 57.4 Å². The van der Waals surface area contributed by atoms with Gasteiger partial charge in [-0.15, -0.1) is 0 Å². The number of nitrogens with zero attached hydrogens (tertiary/aromatic N) is 4. The van der Waals surface area contributed by atoms with Crippen molar-refractivity contribution in [2.24, 2.45) is 11.8 Å². The van der Waals surface area contributed by atoms with E-state index in [0.717, 1.165) is 64.1 Å². The zero-order chi connectivity index (χ0) is 21.7. The standard InChI is InChI=1S/C23H37N5O2/c1-23(2,3)25-22(30)26(4)17-18-7-9-19(10-8-18)21(29)28-14-12-27(13-15-28)20-6-5-11-24-16-20/h5-6,11,16,18-19H,7-10,12-15,17H2,1-4H3,(H,25,30)/t18-,19-. The van der Waals surface area contributed by atoms with Gasteiger partial charge in [-0.05, 0) is 64.5 Å². The van der Waals surface area contributed by atoms with Crippen molar-refractivity contribution in [1.29, 1.82) is 0 Å². The molecule has 2 aliphatic rings. The minimum atomic E-state index is -0.226. The Balaban J connectivity index is 1.41. The van der Waals surface area contributed by atoms with Gasteiger partial charge >= 0.3 is 6.03 Å². The van der Waals surface area contributed by atoms with Crippen molar-refractivity contribution in [2.75, 3.05) is 44.7 Å². The number of amides is 3. The molecule has 1 aromatic rings. The van der Waals surface area contributed by atoms with Crippen LogP contribution in [0.5, 0.6) is 0 Å². The summed E-state index contributed by atoms with van der Waals surface area (Å²) in [6.07, 6.45) is 7.56. The first kappa shape index (κ1) is 22.4. The molecule has 3 rings (SSSR count). The molecule has 1 saturated carbocycles. The summed E-state index contributed by atoms with van der Waals surface area (Å²) in [6, 6.07) is 4.01. The van der Waals surface area contributed by atoms with E-state index >= 15 is 0 Å². The normalized spacial score (nSPS) is 22.5. The van der Waals surface area contributed by atoms with Crippen molar-refractivity contribution in [3.63, 3.8) is 0 Å². The molecule has 2 heterocycles. The van der Waals surface area contributed by atoms with E-state index in [4.69, 9.17) is 0 Å². The molecule has 0 bridgehead atoms. The third-order valence-electron chi connectivity index (χ3n) is 6.16. The molecule has 166 valence electrons. The topological polar surface area (TPSA) is 68.8 Å². The lowest BCUT2D eigenvalue weighted by molar-refractivity contribution is -0.137. The highest BCUT2D eigenvalue weighted by molar-refractivity contribution is 5.79. The number of hydrogen-bond donors (Lipinski definition) is 1. The van der Waals surface area contributed by atoms with Gasteiger partial charge in [0.15, 0.2) is 0 Å². The third kappa shape index (κ3) is 6.09. The van der Waals surface area contributed by atoms with Gasteiger partial charge in [0.2, 0.25) is 5.91 Å². The highest BCUT2D eigenvalue weighted by atomic mass is 16.2. The molecule has 1 aromatic heterocycles. The van der Waals surface area contributed by atoms with Gasteiger partial charge in [-0.1, -0.05) is 0 Å². The maximum Gasteiger partial charge on any atom is 0.317 e. The van der Waals surface area contributed by atoms with Gasteiger partial charge in [0.05, 0.1) is 11.9 Å². The summed E-state index contributed by atoms with van der Waals surface area (Å²) in [4.78, 5) is 35.6. The summed E-state index contributed by atoms with van der Waals surface area (Å²) in [5, 5.41) is 3.01. The molecule has 0 unspecified atom stereocenters. The molecule has 7 nitrogen and oxygen atoms in total. The molecule has 2 fully saturated rings. The zero-order valence-corrected chi connectivity index (χ0v) is 18.9. The van der Waals surface area contributed by atoms with Gasteiger partial charge in [0.25, 0.3) is 0 Å². The Bertz CT molecular complexity index is 702. The predicted octanol–water partition coefficient (Wildman–Crippen LogP) is 2.98. The Kier molecular flexibility index (Phi) is 7.21. The largest absolute Gasteiger partial charge is 0.367 e. The fraction of sp³-hybridized carbons (Fsp3) is 0.696. The van der Waals surface area contributed by atoms with E-state index in [1.807, 2.05) is 45.0 Å². The van der Waals surface area contributed by atoms with Gasteiger partial charge in [-0.2, -0.15) is 0 Å². The van der Waals surface area contributed by atoms with Crippen LogP contribution in [-0.2, 0) is 4.79 Å². The number of hydrogen-bond acceptors (Lipinski definition) is 4. The molecule has 0 spiro atoms. The molecule has 0 atom stereocenters. The lowest BCUT2D eigenvalue weighted by atomic mass is 9.81. The Labute approximate surface area is 180 Å². The first-order chi connectivity index (χ1) is 14.2. The summed E-state index contributed by atoms with van der Waals surface area (Å²) >= 11 is 0. The summed E-state index contributed by atoms with van der Waals surface area (Å²) < 4.78 is 0. The van der Waals surface area contributed by atoms with Crippen LogP contribution < -0.4 is 10.2 Å². The van der Waals surface area contributed by atoms with Crippen molar-refractivity contribution >= 4 is 17.6 Å². The highest BCUT2D eigenvalue weighted by Crippen LogP contribution is 2.31. The van der Waals surface area contributed by atoms with Crippen molar-refractivity contribution in [3.8, 4) is 0 Å². The number of rotatable bonds is 4. The van der Waals surface area contributed by atoms with Crippen molar-refractivity contribution in [3.05, 3.63) is 24.5 Å². The molecular weight excluding hydrogens is 378 g/mol. The lowest BCUT2D eigenvalue weighted by Crippen LogP contribution is -2.51. The highest BCUT2D eigenvalue weighted by Gasteiger charge is 2.32. The first-order valence-electron chi connectivity index (χ1n) is 11.2. The fourth-order valence-corrected chi connectivity index (χ4v) is 4.46. The van der Waals surface area contributed by atoms with E-state index in [-0.39, 0.29) is 17.5 Å². The van der Waals surface area contributed by atoms with Crippen molar-refractivity contribution in [1.82, 2.24) is 20.1 Å². The summed E-state index contributed by atoms with van der Waals surface area (Å²) in [5.74, 6) is 0.935. The van der Waals surface area contributed by atoms with Crippen molar-refractivity contribution in [2.45, 2.75) is 52.0 Å². The van der Waals surface area contributed by atoms with Crippen LogP contribution in [-0.4, -0.2) is 72.0 Å². The number of aromatic nitrogens is 1. The molecule has 1 N–H and O–H groups in total. The minimum Gasteiger partial charge on any atom is -0.367 e. The van der Waals surface area contributed by atoms with E-state index in [1.165, 1.54) is 0 Å². The molecule has 7 heteroatoms. The van der Waals surface area contributed by atoms with Crippen LogP contribution in [0.25, 0.3) is 0 Å². The average molecular weight is 416 g/mol. The number of anilines is 1. The number of piperazine rings is 1. The van der Waals surface area contributed by atoms with Crippen LogP contribution >= 0.6 is 0 Å². The molecule has 30 heavy (non-hydrogen) atoms. The molecule has 0 radical (unpaired) electrons. The second-order valence-electron chi connectivity index (χ2n) is 9.80. The predicted molar refractivity (Wildman–Crippen MR) is 119 cm³/mol. The number of urea groups is 1. The quantitative estimate of drug-likeness (QED) is 0.821. The van der Waals surface area contributed by atoms with Crippen LogP contribution in [0, 0.1) is 11.8 Å². The Morgan fingerprint density at radius 2 is 1.80 bits per heavy atom. The van der Waals surface area contributed by atoms with E-state index in [0.29, 0.717) is 11.8 Å². The summed E-state index contributed by atoms with van der Waals surface area (Å²) in [5.41, 5.74) is 0.904. The second-order valence-corrected chi connectivity index (χ2v) is 9.80. The molecule has 1 aliphatic carbocycles. The van der Waals surface area contributed by atoms with Gasteiger partial charge in [-0.3, -0.25) is 9.78 Å². The van der Waals surface area contributed by atoms with E-state index in [1.54, 1.807) is 11.1 Å². The molecule has 3 amide bonds. The average Bonchev–Trinajstić information content (AvgIpc) is 2.73. The smallest absolute Gasteiger partial charge is 0.317 e. The molecular formula is C23H37N5O2. The van der Waals surface area contributed by atoms with Crippen LogP contribution in [0.3, 0.4) is 0 Å². The molecule has 1 saturated heterocycles. The van der Waals surface area contributed by atoms with Crippen LogP contribution in [0.15, 0.2) is 24.5 Å². The first-order valence-corrected chi connectivity index (χ1v) is 11.2. The van der Waals surface area contributed by atoms with Crippen LogP contribution in [0.2, 0.25) is 0 Å². The van der Waals surface area contributed by atoms with E-state index < -0.39 is 0 Å².